The number of nitrogens with zero attached hydrogens (tertiary/aromatic N) is 1. The van der Waals surface area contributed by atoms with Crippen LogP contribution in [0.25, 0.3) is 0 Å². The largest absolute Gasteiger partial charge is 0.467 e. The van der Waals surface area contributed by atoms with Gasteiger partial charge in [-0.2, -0.15) is 0 Å². The zero-order valence-electron chi connectivity index (χ0n) is 12.9. The number of carbonyl (C=O) groups is 2. The Labute approximate surface area is 134 Å². The number of carbonyl (C=O) groups excluding carboxylic acids is 2. The predicted octanol–water partition coefficient (Wildman–Crippen LogP) is 1.51. The lowest BCUT2D eigenvalue weighted by atomic mass is 9.77. The van der Waals surface area contributed by atoms with Gasteiger partial charge in [-0.1, -0.05) is 19.1 Å². The van der Waals surface area contributed by atoms with Crippen LogP contribution in [0.15, 0.2) is 35.0 Å². The molecule has 6 nitrogen and oxygen atoms in total. The Morgan fingerprint density at radius 2 is 2.39 bits per heavy atom. The van der Waals surface area contributed by atoms with E-state index in [1.165, 1.54) is 0 Å². The van der Waals surface area contributed by atoms with Crippen LogP contribution in [0.1, 0.15) is 19.1 Å². The molecule has 0 aromatic carbocycles. The van der Waals surface area contributed by atoms with Crippen molar-refractivity contribution in [3.05, 3.63) is 36.3 Å². The number of esters is 1. The number of hydrogen-bond acceptors (Lipinski definition) is 5. The summed E-state index contributed by atoms with van der Waals surface area (Å²) in [6.45, 7) is 3.15. The molecule has 2 fully saturated rings. The summed E-state index contributed by atoms with van der Waals surface area (Å²) in [5.41, 5.74) is -0.690. The fourth-order valence-electron chi connectivity index (χ4n) is 3.87. The van der Waals surface area contributed by atoms with Crippen molar-refractivity contribution in [3.8, 4) is 0 Å². The van der Waals surface area contributed by atoms with Crippen LogP contribution >= 0.6 is 0 Å². The molecule has 4 heterocycles. The summed E-state index contributed by atoms with van der Waals surface area (Å²) in [5, 5.41) is 0. The Balaban J connectivity index is 1.57. The highest BCUT2D eigenvalue weighted by molar-refractivity contribution is 5.91. The van der Waals surface area contributed by atoms with Crippen LogP contribution in [-0.4, -0.2) is 41.6 Å². The van der Waals surface area contributed by atoms with Gasteiger partial charge in [0.1, 0.15) is 17.3 Å². The van der Waals surface area contributed by atoms with Crippen molar-refractivity contribution in [1.82, 2.24) is 4.90 Å². The van der Waals surface area contributed by atoms with Crippen LogP contribution in [-0.2, 0) is 25.6 Å². The van der Waals surface area contributed by atoms with E-state index in [0.29, 0.717) is 19.7 Å². The molecular weight excluding hydrogens is 298 g/mol. The van der Waals surface area contributed by atoms with E-state index in [2.05, 4.69) is 0 Å². The average molecular weight is 317 g/mol. The first-order valence-electron chi connectivity index (χ1n) is 7.99. The van der Waals surface area contributed by atoms with Crippen LogP contribution < -0.4 is 0 Å². The van der Waals surface area contributed by atoms with Gasteiger partial charge in [-0.3, -0.25) is 9.59 Å². The van der Waals surface area contributed by atoms with Gasteiger partial charge in [-0.05, 0) is 18.6 Å². The van der Waals surface area contributed by atoms with E-state index in [1.54, 1.807) is 17.2 Å². The van der Waals surface area contributed by atoms with Crippen molar-refractivity contribution in [3.63, 3.8) is 0 Å². The van der Waals surface area contributed by atoms with E-state index in [-0.39, 0.29) is 18.0 Å². The number of amides is 1. The van der Waals surface area contributed by atoms with Crippen LogP contribution in [0.5, 0.6) is 0 Å². The summed E-state index contributed by atoms with van der Waals surface area (Å²) in [4.78, 5) is 26.9. The number of furan rings is 1. The third-order valence-electron chi connectivity index (χ3n) is 4.83. The first-order chi connectivity index (χ1) is 11.1. The van der Waals surface area contributed by atoms with E-state index >= 15 is 0 Å². The Hall–Kier alpha value is -2.08. The molecule has 1 aromatic rings. The molecule has 1 amide bonds. The fourth-order valence-corrected chi connectivity index (χ4v) is 3.87. The number of ether oxygens (including phenoxy) is 2. The predicted molar refractivity (Wildman–Crippen MR) is 79.1 cm³/mol. The summed E-state index contributed by atoms with van der Waals surface area (Å²) >= 11 is 0. The highest BCUT2D eigenvalue weighted by Gasteiger charge is 2.67. The lowest BCUT2D eigenvalue weighted by Crippen LogP contribution is -2.40. The fraction of sp³-hybridized carbons (Fsp3) is 0.529. The molecule has 2 saturated heterocycles. The standard InChI is InChI=1S/C17H19NO5/c1-2-7-22-16(20)13-12-5-6-17(23-12)10-18(15(19)14(13)17)9-11-4-3-8-21-11/h3-6,8,12-14H,2,7,9-10H2,1H3/t12-,13?,14-,17+/m0/s1. The maximum Gasteiger partial charge on any atom is 0.312 e. The first kappa shape index (κ1) is 14.5. The lowest BCUT2D eigenvalue weighted by Gasteiger charge is -2.22. The Bertz CT molecular complexity index is 652. The first-order valence-corrected chi connectivity index (χ1v) is 7.99. The molecule has 2 bridgehead atoms. The van der Waals surface area contributed by atoms with E-state index in [1.807, 2.05) is 25.1 Å². The smallest absolute Gasteiger partial charge is 0.312 e. The second-order valence-electron chi connectivity index (χ2n) is 6.34. The van der Waals surface area contributed by atoms with Crippen LogP contribution in [0.4, 0.5) is 0 Å². The van der Waals surface area contributed by atoms with Gasteiger partial charge in [0.2, 0.25) is 5.91 Å². The molecular formula is C17H19NO5. The van der Waals surface area contributed by atoms with Crippen LogP contribution in [0.3, 0.4) is 0 Å². The zero-order valence-corrected chi connectivity index (χ0v) is 12.9. The van der Waals surface area contributed by atoms with Gasteiger partial charge < -0.3 is 18.8 Å². The number of fused-ring (bicyclic) bond motifs is 1. The minimum Gasteiger partial charge on any atom is -0.467 e. The molecule has 1 unspecified atom stereocenters. The molecule has 23 heavy (non-hydrogen) atoms. The highest BCUT2D eigenvalue weighted by atomic mass is 16.6. The van der Waals surface area contributed by atoms with E-state index < -0.39 is 17.4 Å². The molecule has 4 atom stereocenters. The normalized spacial score (nSPS) is 34.2. The molecule has 3 aliphatic heterocycles. The van der Waals surface area contributed by atoms with Gasteiger partial charge in [0.15, 0.2) is 0 Å². The Morgan fingerprint density at radius 1 is 1.52 bits per heavy atom. The molecule has 6 heteroatoms. The SMILES string of the molecule is CCCOC(=O)C1[C@@H]2C=C[C@]3(CN(Cc4ccco4)C(=O)[C@H]13)O2. The highest BCUT2D eigenvalue weighted by Crippen LogP contribution is 2.52. The van der Waals surface area contributed by atoms with E-state index in [0.717, 1.165) is 12.2 Å². The molecule has 4 rings (SSSR count). The maximum absolute atomic E-state index is 12.8. The molecule has 122 valence electrons. The summed E-state index contributed by atoms with van der Waals surface area (Å²) in [7, 11) is 0. The van der Waals surface area contributed by atoms with Crippen LogP contribution in [0, 0.1) is 11.8 Å². The average Bonchev–Trinajstić information content (AvgIpc) is 3.28. The molecule has 1 aromatic heterocycles. The molecule has 0 radical (unpaired) electrons. The van der Waals surface area contributed by atoms with Crippen molar-refractivity contribution < 1.29 is 23.5 Å². The Kier molecular flexibility index (Phi) is 3.30. The quantitative estimate of drug-likeness (QED) is 0.608. The van der Waals surface area contributed by atoms with Gasteiger partial charge in [0, 0.05) is 0 Å². The summed E-state index contributed by atoms with van der Waals surface area (Å²) in [6.07, 6.45) is 5.82. The van der Waals surface area contributed by atoms with Crippen molar-refractivity contribution in [1.29, 1.82) is 0 Å². The van der Waals surface area contributed by atoms with Gasteiger partial charge in [0.05, 0.1) is 38.0 Å². The molecule has 1 spiro atoms. The van der Waals surface area contributed by atoms with E-state index in [4.69, 9.17) is 13.9 Å². The molecule has 0 saturated carbocycles. The maximum atomic E-state index is 12.8. The zero-order chi connectivity index (χ0) is 16.0. The van der Waals surface area contributed by atoms with Gasteiger partial charge >= 0.3 is 5.97 Å². The summed E-state index contributed by atoms with van der Waals surface area (Å²) in [6, 6.07) is 3.63. The van der Waals surface area contributed by atoms with Gasteiger partial charge in [-0.25, -0.2) is 0 Å². The van der Waals surface area contributed by atoms with Crippen molar-refractivity contribution in [2.75, 3.05) is 13.2 Å². The molecule has 0 N–H and O–H groups in total. The summed E-state index contributed by atoms with van der Waals surface area (Å²) in [5.74, 6) is -0.705. The Morgan fingerprint density at radius 3 is 3.13 bits per heavy atom. The van der Waals surface area contributed by atoms with Gasteiger partial charge in [-0.15, -0.1) is 0 Å². The summed E-state index contributed by atoms with van der Waals surface area (Å²) < 4.78 is 16.6. The monoisotopic (exact) mass is 317 g/mol. The van der Waals surface area contributed by atoms with Crippen molar-refractivity contribution >= 4 is 11.9 Å². The number of hydrogen-bond donors (Lipinski definition) is 0. The van der Waals surface area contributed by atoms with E-state index in [9.17, 15) is 9.59 Å². The third-order valence-corrected chi connectivity index (χ3v) is 4.83. The lowest BCUT2D eigenvalue weighted by molar-refractivity contribution is -0.153. The minimum absolute atomic E-state index is 0.0632. The van der Waals surface area contributed by atoms with Crippen LogP contribution in [0.2, 0.25) is 0 Å². The third kappa shape index (κ3) is 2.12. The van der Waals surface area contributed by atoms with Crippen molar-refractivity contribution in [2.45, 2.75) is 31.6 Å². The van der Waals surface area contributed by atoms with Gasteiger partial charge in [0.25, 0.3) is 0 Å². The molecule has 3 aliphatic rings. The second kappa shape index (κ2) is 5.23. The second-order valence-corrected chi connectivity index (χ2v) is 6.34. The number of likely N-dealkylation sites (tertiary alicyclic amines) is 1. The topological polar surface area (TPSA) is 69.0 Å². The number of rotatable bonds is 5. The van der Waals surface area contributed by atoms with Crippen molar-refractivity contribution in [2.24, 2.45) is 11.8 Å². The molecule has 0 aliphatic carbocycles. The minimum atomic E-state index is -0.690.